The average molecular weight is 202 g/mol. The molecule has 0 aliphatic carbocycles. The number of carbonyl (C=O) groups excluding carboxylic acids is 1. The van der Waals surface area contributed by atoms with Gasteiger partial charge in [-0.15, -0.1) is 0 Å². The first-order valence-corrected chi connectivity index (χ1v) is 4.91. The van der Waals surface area contributed by atoms with Crippen LogP contribution in [0.1, 0.15) is 46.5 Å². The highest BCUT2D eigenvalue weighted by Crippen LogP contribution is 2.19. The maximum absolute atomic E-state index is 11.0. The van der Waals surface area contributed by atoms with E-state index < -0.39 is 17.5 Å². The SMILES string of the molecule is CCCC[C@](C)(OC(=O)CC)C(=O)O. The Hall–Kier alpha value is -1.06. The molecule has 14 heavy (non-hydrogen) atoms. The highest BCUT2D eigenvalue weighted by Gasteiger charge is 2.36. The number of hydrogen-bond acceptors (Lipinski definition) is 3. The first kappa shape index (κ1) is 12.9. The van der Waals surface area contributed by atoms with Gasteiger partial charge in [0.05, 0.1) is 0 Å². The molecule has 0 aromatic heterocycles. The van der Waals surface area contributed by atoms with Crippen molar-refractivity contribution >= 4 is 11.9 Å². The fourth-order valence-electron chi connectivity index (χ4n) is 1.04. The summed E-state index contributed by atoms with van der Waals surface area (Å²) in [5.41, 5.74) is -1.36. The van der Waals surface area contributed by atoms with Gasteiger partial charge in [0.1, 0.15) is 0 Å². The van der Waals surface area contributed by atoms with Gasteiger partial charge in [-0.25, -0.2) is 4.79 Å². The van der Waals surface area contributed by atoms with E-state index >= 15 is 0 Å². The van der Waals surface area contributed by atoms with Crippen molar-refractivity contribution in [3.8, 4) is 0 Å². The summed E-state index contributed by atoms with van der Waals surface area (Å²) in [7, 11) is 0. The predicted molar refractivity (Wildman–Crippen MR) is 51.9 cm³/mol. The molecule has 0 saturated heterocycles. The van der Waals surface area contributed by atoms with Crippen molar-refractivity contribution in [3.63, 3.8) is 0 Å². The van der Waals surface area contributed by atoms with Crippen molar-refractivity contribution in [3.05, 3.63) is 0 Å². The molecule has 0 unspecified atom stereocenters. The maximum Gasteiger partial charge on any atom is 0.347 e. The Morgan fingerprint density at radius 1 is 1.36 bits per heavy atom. The van der Waals surface area contributed by atoms with Gasteiger partial charge in [-0.2, -0.15) is 0 Å². The van der Waals surface area contributed by atoms with Crippen LogP contribution in [0.3, 0.4) is 0 Å². The number of carbonyl (C=O) groups is 2. The van der Waals surface area contributed by atoms with E-state index in [1.54, 1.807) is 6.92 Å². The highest BCUT2D eigenvalue weighted by molar-refractivity contribution is 5.81. The molecule has 4 nitrogen and oxygen atoms in total. The minimum Gasteiger partial charge on any atom is -0.478 e. The fraction of sp³-hybridized carbons (Fsp3) is 0.800. The molecule has 0 radical (unpaired) electrons. The fourth-order valence-corrected chi connectivity index (χ4v) is 1.04. The summed E-state index contributed by atoms with van der Waals surface area (Å²) in [6.45, 7) is 5.05. The van der Waals surface area contributed by atoms with Crippen molar-refractivity contribution in [2.24, 2.45) is 0 Å². The lowest BCUT2D eigenvalue weighted by Crippen LogP contribution is -2.40. The van der Waals surface area contributed by atoms with Crippen LogP contribution in [0.4, 0.5) is 0 Å². The molecule has 0 fully saturated rings. The first-order chi connectivity index (χ1) is 6.46. The quantitative estimate of drug-likeness (QED) is 0.669. The third-order valence-electron chi connectivity index (χ3n) is 2.09. The zero-order valence-corrected chi connectivity index (χ0v) is 9.00. The summed E-state index contributed by atoms with van der Waals surface area (Å²) in [4.78, 5) is 21.9. The van der Waals surface area contributed by atoms with Gasteiger partial charge in [-0.3, -0.25) is 4.79 Å². The van der Waals surface area contributed by atoms with E-state index in [0.717, 1.165) is 12.8 Å². The van der Waals surface area contributed by atoms with E-state index in [9.17, 15) is 9.59 Å². The maximum atomic E-state index is 11.0. The standard InChI is InChI=1S/C10H18O4/c1-4-6-7-10(3,9(12)13)14-8(11)5-2/h4-7H2,1-3H3,(H,12,13)/t10-/m0/s1. The summed E-state index contributed by atoms with van der Waals surface area (Å²) in [5, 5.41) is 8.93. The van der Waals surface area contributed by atoms with E-state index in [-0.39, 0.29) is 6.42 Å². The molecule has 4 heteroatoms. The monoisotopic (exact) mass is 202 g/mol. The molecule has 0 aliphatic rings. The summed E-state index contributed by atoms with van der Waals surface area (Å²) < 4.78 is 4.91. The summed E-state index contributed by atoms with van der Waals surface area (Å²) in [5.74, 6) is -1.54. The summed E-state index contributed by atoms with van der Waals surface area (Å²) in [6.07, 6.45) is 2.19. The molecule has 1 N–H and O–H groups in total. The Morgan fingerprint density at radius 3 is 2.29 bits per heavy atom. The zero-order chi connectivity index (χ0) is 11.2. The lowest BCUT2D eigenvalue weighted by Gasteiger charge is -2.24. The van der Waals surface area contributed by atoms with Crippen molar-refractivity contribution in [2.75, 3.05) is 0 Å². The van der Waals surface area contributed by atoms with Crippen LogP contribution in [0.15, 0.2) is 0 Å². The second-order valence-corrected chi connectivity index (χ2v) is 3.47. The van der Waals surface area contributed by atoms with E-state index in [0.29, 0.717) is 6.42 Å². The number of unbranched alkanes of at least 4 members (excludes halogenated alkanes) is 1. The third kappa shape index (κ3) is 3.77. The molecule has 0 aliphatic heterocycles. The Balaban J connectivity index is 4.39. The lowest BCUT2D eigenvalue weighted by atomic mass is 9.99. The van der Waals surface area contributed by atoms with Crippen LogP contribution in [0.2, 0.25) is 0 Å². The molecule has 0 saturated carbocycles. The van der Waals surface area contributed by atoms with Gasteiger partial charge >= 0.3 is 11.9 Å². The molecule has 82 valence electrons. The second kappa shape index (κ2) is 5.62. The number of carboxylic acid groups (broad SMARTS) is 1. The molecule has 0 spiro atoms. The van der Waals surface area contributed by atoms with Gasteiger partial charge in [0.25, 0.3) is 0 Å². The normalized spacial score (nSPS) is 14.5. The van der Waals surface area contributed by atoms with E-state index in [2.05, 4.69) is 0 Å². The molecular weight excluding hydrogens is 184 g/mol. The highest BCUT2D eigenvalue weighted by atomic mass is 16.6. The van der Waals surface area contributed by atoms with Crippen LogP contribution in [-0.4, -0.2) is 22.6 Å². The van der Waals surface area contributed by atoms with Gasteiger partial charge in [-0.1, -0.05) is 20.3 Å². The Kier molecular flexibility index (Phi) is 5.20. The number of rotatable bonds is 6. The van der Waals surface area contributed by atoms with E-state index in [1.165, 1.54) is 6.92 Å². The van der Waals surface area contributed by atoms with Crippen molar-refractivity contribution < 1.29 is 19.4 Å². The van der Waals surface area contributed by atoms with Crippen molar-refractivity contribution in [1.82, 2.24) is 0 Å². The zero-order valence-electron chi connectivity index (χ0n) is 9.00. The molecule has 0 aromatic carbocycles. The van der Waals surface area contributed by atoms with Crippen LogP contribution in [0.25, 0.3) is 0 Å². The third-order valence-corrected chi connectivity index (χ3v) is 2.09. The minimum absolute atomic E-state index is 0.203. The lowest BCUT2D eigenvalue weighted by molar-refractivity contribution is -0.177. The summed E-state index contributed by atoms with van der Waals surface area (Å²) in [6, 6.07) is 0. The van der Waals surface area contributed by atoms with Crippen LogP contribution in [0, 0.1) is 0 Å². The van der Waals surface area contributed by atoms with E-state index in [1.807, 2.05) is 6.92 Å². The largest absolute Gasteiger partial charge is 0.478 e. The molecule has 0 bridgehead atoms. The molecule has 0 heterocycles. The second-order valence-electron chi connectivity index (χ2n) is 3.47. The van der Waals surface area contributed by atoms with Gasteiger partial charge < -0.3 is 9.84 Å². The van der Waals surface area contributed by atoms with Crippen LogP contribution < -0.4 is 0 Å². The van der Waals surface area contributed by atoms with Gasteiger partial charge in [0.15, 0.2) is 0 Å². The van der Waals surface area contributed by atoms with Crippen LogP contribution >= 0.6 is 0 Å². The Bertz CT molecular complexity index is 212. The molecule has 0 aromatic rings. The number of carboxylic acids is 1. The van der Waals surface area contributed by atoms with Gasteiger partial charge in [-0.05, 0) is 19.8 Å². The van der Waals surface area contributed by atoms with Crippen LogP contribution in [-0.2, 0) is 14.3 Å². The predicted octanol–water partition coefficient (Wildman–Crippen LogP) is 1.97. The topological polar surface area (TPSA) is 63.6 Å². The van der Waals surface area contributed by atoms with Crippen LogP contribution in [0.5, 0.6) is 0 Å². The van der Waals surface area contributed by atoms with Gasteiger partial charge in [0, 0.05) is 6.42 Å². The van der Waals surface area contributed by atoms with Crippen molar-refractivity contribution in [2.45, 2.75) is 52.1 Å². The van der Waals surface area contributed by atoms with E-state index in [4.69, 9.17) is 9.84 Å². The Morgan fingerprint density at radius 2 is 1.93 bits per heavy atom. The Labute approximate surface area is 84.3 Å². The number of aliphatic carboxylic acids is 1. The molecule has 0 amide bonds. The summed E-state index contributed by atoms with van der Waals surface area (Å²) >= 11 is 0. The number of esters is 1. The minimum atomic E-state index is -1.36. The van der Waals surface area contributed by atoms with Crippen molar-refractivity contribution in [1.29, 1.82) is 0 Å². The van der Waals surface area contributed by atoms with Gasteiger partial charge in [0.2, 0.25) is 5.60 Å². The molecule has 1 atom stereocenters. The number of ether oxygens (including phenoxy) is 1. The smallest absolute Gasteiger partial charge is 0.347 e. The first-order valence-electron chi connectivity index (χ1n) is 4.91. The molecule has 0 rings (SSSR count). The number of hydrogen-bond donors (Lipinski definition) is 1. The average Bonchev–Trinajstić information content (AvgIpc) is 2.14. The molecular formula is C10H18O4.